The maximum absolute atomic E-state index is 10.5. The van der Waals surface area contributed by atoms with E-state index < -0.39 is 12.1 Å². The third-order valence-electron chi connectivity index (χ3n) is 4.71. The summed E-state index contributed by atoms with van der Waals surface area (Å²) in [5.41, 5.74) is -0.267. The van der Waals surface area contributed by atoms with E-state index in [4.69, 9.17) is 5.11 Å². The molecule has 0 aromatic rings. The van der Waals surface area contributed by atoms with Gasteiger partial charge in [0, 0.05) is 11.8 Å². The van der Waals surface area contributed by atoms with E-state index in [9.17, 15) is 15.0 Å². The van der Waals surface area contributed by atoms with Gasteiger partial charge in [-0.05, 0) is 44.9 Å². The van der Waals surface area contributed by atoms with Crippen molar-refractivity contribution >= 4 is 5.97 Å². The second kappa shape index (κ2) is 10.6. The topological polar surface area (TPSA) is 77.8 Å². The Morgan fingerprint density at radius 3 is 2.74 bits per heavy atom. The summed E-state index contributed by atoms with van der Waals surface area (Å²) in [6.45, 7) is 2.10. The molecule has 3 N–H and O–H groups in total. The van der Waals surface area contributed by atoms with Crippen molar-refractivity contribution in [1.82, 2.24) is 0 Å². The van der Waals surface area contributed by atoms with Crippen LogP contribution in [0.15, 0.2) is 24.3 Å². The van der Waals surface area contributed by atoms with Crippen molar-refractivity contribution in [3.05, 3.63) is 24.3 Å². The van der Waals surface area contributed by atoms with Gasteiger partial charge in [0.2, 0.25) is 0 Å². The normalized spacial score (nSPS) is 26.3. The molecular formula is C19H32O4. The first-order valence-corrected chi connectivity index (χ1v) is 8.92. The number of hydrogen-bond donors (Lipinski definition) is 3. The molecule has 3 atom stereocenters. The summed E-state index contributed by atoms with van der Waals surface area (Å²) in [6, 6.07) is 0. The Hall–Kier alpha value is -1.13. The number of unbranched alkanes of at least 4 members (excludes halogenated alkanes) is 2. The molecule has 0 radical (unpaired) electrons. The number of carbonyl (C=O) groups is 1. The van der Waals surface area contributed by atoms with Crippen LogP contribution in [0.2, 0.25) is 0 Å². The van der Waals surface area contributed by atoms with Crippen LogP contribution >= 0.6 is 0 Å². The lowest BCUT2D eigenvalue weighted by molar-refractivity contribution is -0.137. The second-order valence-electron chi connectivity index (χ2n) is 6.67. The zero-order valence-corrected chi connectivity index (χ0v) is 14.3. The van der Waals surface area contributed by atoms with Crippen LogP contribution in [-0.4, -0.2) is 33.5 Å². The van der Waals surface area contributed by atoms with Crippen molar-refractivity contribution in [2.75, 3.05) is 0 Å². The Labute approximate surface area is 139 Å². The Morgan fingerprint density at radius 1 is 1.35 bits per heavy atom. The van der Waals surface area contributed by atoms with Gasteiger partial charge in [-0.3, -0.25) is 4.79 Å². The molecule has 1 aliphatic carbocycles. The highest BCUT2D eigenvalue weighted by Crippen LogP contribution is 2.43. The number of aliphatic hydroxyl groups excluding tert-OH is 2. The first-order chi connectivity index (χ1) is 11.0. The van der Waals surface area contributed by atoms with Crippen LogP contribution in [0.25, 0.3) is 0 Å². The monoisotopic (exact) mass is 324 g/mol. The van der Waals surface area contributed by atoms with Crippen molar-refractivity contribution in [3.8, 4) is 0 Å². The van der Waals surface area contributed by atoms with Gasteiger partial charge in [-0.1, -0.05) is 44.1 Å². The lowest BCUT2D eigenvalue weighted by atomic mass is 9.79. The average Bonchev–Trinajstić information content (AvgIpc) is 2.87. The number of aliphatic hydroxyl groups is 2. The molecule has 1 rings (SSSR count). The zero-order valence-electron chi connectivity index (χ0n) is 14.3. The van der Waals surface area contributed by atoms with Gasteiger partial charge in [0.15, 0.2) is 0 Å². The fourth-order valence-electron chi connectivity index (χ4n) is 3.18. The number of carboxylic acids is 1. The summed E-state index contributed by atoms with van der Waals surface area (Å²) < 4.78 is 0. The molecule has 1 fully saturated rings. The van der Waals surface area contributed by atoms with Crippen LogP contribution < -0.4 is 0 Å². The lowest BCUT2D eigenvalue weighted by Crippen LogP contribution is -2.27. The third kappa shape index (κ3) is 7.32. The number of aliphatic carboxylic acids is 1. The van der Waals surface area contributed by atoms with Crippen LogP contribution in [0.1, 0.15) is 71.1 Å². The molecule has 0 bridgehead atoms. The molecule has 3 unspecified atom stereocenters. The van der Waals surface area contributed by atoms with Crippen LogP contribution in [0, 0.1) is 5.41 Å². The maximum atomic E-state index is 10.5. The Kier molecular flexibility index (Phi) is 9.19. The molecule has 23 heavy (non-hydrogen) atoms. The highest BCUT2D eigenvalue weighted by Gasteiger charge is 2.38. The van der Waals surface area contributed by atoms with Gasteiger partial charge in [0.05, 0.1) is 12.2 Å². The molecule has 0 saturated heterocycles. The molecule has 1 saturated carbocycles. The van der Waals surface area contributed by atoms with Gasteiger partial charge in [-0.15, -0.1) is 0 Å². The van der Waals surface area contributed by atoms with Crippen LogP contribution in [0.3, 0.4) is 0 Å². The van der Waals surface area contributed by atoms with E-state index in [0.717, 1.165) is 51.4 Å². The molecule has 0 heterocycles. The third-order valence-corrected chi connectivity index (χ3v) is 4.71. The molecular weight excluding hydrogens is 292 g/mol. The second-order valence-corrected chi connectivity index (χ2v) is 6.67. The molecule has 1 aliphatic rings. The number of hydrogen-bond acceptors (Lipinski definition) is 3. The quantitative estimate of drug-likeness (QED) is 0.399. The van der Waals surface area contributed by atoms with Gasteiger partial charge < -0.3 is 15.3 Å². The first-order valence-electron chi connectivity index (χ1n) is 8.92. The van der Waals surface area contributed by atoms with E-state index in [2.05, 4.69) is 13.0 Å². The van der Waals surface area contributed by atoms with E-state index in [1.165, 1.54) is 0 Å². The molecule has 0 aliphatic heterocycles. The highest BCUT2D eigenvalue weighted by molar-refractivity contribution is 5.66. The number of rotatable bonds is 11. The minimum absolute atomic E-state index is 0.196. The Morgan fingerprint density at radius 2 is 2.13 bits per heavy atom. The van der Waals surface area contributed by atoms with E-state index in [-0.39, 0.29) is 17.9 Å². The van der Waals surface area contributed by atoms with E-state index in [1.807, 2.05) is 18.2 Å². The fraction of sp³-hybridized carbons (Fsp3) is 0.737. The number of carboxylic acid groups (broad SMARTS) is 1. The summed E-state index contributed by atoms with van der Waals surface area (Å²) in [7, 11) is 0. The minimum Gasteiger partial charge on any atom is -0.481 e. The summed E-state index contributed by atoms with van der Waals surface area (Å²) in [4.78, 5) is 10.5. The highest BCUT2D eigenvalue weighted by atomic mass is 16.4. The number of allylic oxidation sites excluding steroid dienone is 2. The van der Waals surface area contributed by atoms with E-state index >= 15 is 0 Å². The lowest BCUT2D eigenvalue weighted by Gasteiger charge is -2.28. The van der Waals surface area contributed by atoms with Crippen LogP contribution in [0.5, 0.6) is 0 Å². The molecule has 132 valence electrons. The summed E-state index contributed by atoms with van der Waals surface area (Å²) >= 11 is 0. The van der Waals surface area contributed by atoms with Gasteiger partial charge in [0.25, 0.3) is 0 Å². The summed E-state index contributed by atoms with van der Waals surface area (Å²) in [6.07, 6.45) is 15.1. The maximum Gasteiger partial charge on any atom is 0.303 e. The average molecular weight is 324 g/mol. The summed E-state index contributed by atoms with van der Waals surface area (Å²) in [5, 5.41) is 29.0. The van der Waals surface area contributed by atoms with Crippen LogP contribution in [-0.2, 0) is 4.79 Å². The fourth-order valence-corrected chi connectivity index (χ4v) is 3.18. The molecule has 0 spiro atoms. The molecule has 4 nitrogen and oxygen atoms in total. The molecule has 0 aromatic carbocycles. The van der Waals surface area contributed by atoms with Crippen molar-refractivity contribution in [2.45, 2.75) is 83.3 Å². The predicted molar refractivity (Wildman–Crippen MR) is 92.2 cm³/mol. The van der Waals surface area contributed by atoms with E-state index in [1.54, 1.807) is 0 Å². The molecule has 0 aromatic heterocycles. The van der Waals surface area contributed by atoms with Gasteiger partial charge in [-0.2, -0.15) is 0 Å². The minimum atomic E-state index is -0.759. The summed E-state index contributed by atoms with van der Waals surface area (Å²) in [5.74, 6) is -0.759. The first kappa shape index (κ1) is 19.9. The van der Waals surface area contributed by atoms with Gasteiger partial charge in [0.1, 0.15) is 0 Å². The van der Waals surface area contributed by atoms with Crippen molar-refractivity contribution in [1.29, 1.82) is 0 Å². The van der Waals surface area contributed by atoms with Crippen molar-refractivity contribution in [2.24, 2.45) is 5.41 Å². The van der Waals surface area contributed by atoms with E-state index in [0.29, 0.717) is 6.42 Å². The molecule has 4 heteroatoms. The Bertz CT molecular complexity index is 402. The smallest absolute Gasteiger partial charge is 0.303 e. The molecule has 0 amide bonds. The van der Waals surface area contributed by atoms with Crippen molar-refractivity contribution < 1.29 is 20.1 Å². The van der Waals surface area contributed by atoms with Gasteiger partial charge in [-0.25, -0.2) is 0 Å². The standard InChI is InChI=1S/C19H32O4/c1-2-3-9-16(20)12-15-19(14-8-10-17(19)21)13-7-5-4-6-11-18(22)23/h5,7,12,15-17,20-21H,2-4,6,8-11,13-14H2,1H3,(H,22,23)/b7-5+,15-12+. The zero-order chi connectivity index (χ0) is 17.1. The van der Waals surface area contributed by atoms with Crippen molar-refractivity contribution in [3.63, 3.8) is 0 Å². The van der Waals surface area contributed by atoms with Crippen LogP contribution in [0.4, 0.5) is 0 Å². The van der Waals surface area contributed by atoms with Gasteiger partial charge >= 0.3 is 5.97 Å². The largest absolute Gasteiger partial charge is 0.481 e. The Balaban J connectivity index is 2.53. The predicted octanol–water partition coefficient (Wildman–Crippen LogP) is 3.83. The SMILES string of the molecule is CCCCC(O)/C=C/C1(C/C=C/CCCC(=O)O)CCCC1O.